The number of ether oxygens (including phenoxy) is 2. The summed E-state index contributed by atoms with van der Waals surface area (Å²) in [7, 11) is 1.47. The van der Waals surface area contributed by atoms with E-state index in [1.165, 1.54) is 44.9 Å². The predicted octanol–water partition coefficient (Wildman–Crippen LogP) is 8.85. The number of hydrogen-bond donors (Lipinski definition) is 1. The van der Waals surface area contributed by atoms with Gasteiger partial charge in [-0.1, -0.05) is 102 Å². The van der Waals surface area contributed by atoms with Crippen molar-refractivity contribution < 1.29 is 42.1 Å². The van der Waals surface area contributed by atoms with Crippen LogP contribution in [0.5, 0.6) is 0 Å². The second-order valence-corrected chi connectivity index (χ2v) is 14.4. The number of hydrogen-bond acceptors (Lipinski definition) is 7. The molecule has 264 valence electrons. The summed E-state index contributed by atoms with van der Waals surface area (Å²) in [5.41, 5.74) is 0. The largest absolute Gasteiger partial charge is 0.472 e. The average molecular weight is 661 g/mol. The van der Waals surface area contributed by atoms with Crippen molar-refractivity contribution in [3.05, 3.63) is 24.3 Å². The molecule has 0 aromatic carbocycles. The lowest BCUT2D eigenvalue weighted by Crippen LogP contribution is -2.37. The van der Waals surface area contributed by atoms with Crippen molar-refractivity contribution in [3.63, 3.8) is 0 Å². The normalized spacial score (nSPS) is 14.2. The Morgan fingerprint density at radius 1 is 0.689 bits per heavy atom. The summed E-state index contributed by atoms with van der Waals surface area (Å²) in [5, 5.41) is 0. The monoisotopic (exact) mass is 660 g/mol. The Bertz CT molecular complexity index is 840. The molecule has 1 N–H and O–H groups in total. The highest BCUT2D eigenvalue weighted by Crippen LogP contribution is 2.43. The van der Waals surface area contributed by atoms with Crippen LogP contribution in [0.3, 0.4) is 0 Å². The van der Waals surface area contributed by atoms with Gasteiger partial charge in [0.15, 0.2) is 6.10 Å². The van der Waals surface area contributed by atoms with E-state index in [9.17, 15) is 19.0 Å². The van der Waals surface area contributed by atoms with Crippen LogP contribution in [0.2, 0.25) is 0 Å². The van der Waals surface area contributed by atoms with Gasteiger partial charge in [-0.15, -0.1) is 0 Å². The molecule has 0 fully saturated rings. The molecule has 0 radical (unpaired) electrons. The Morgan fingerprint density at radius 2 is 1.20 bits per heavy atom. The molecule has 2 unspecified atom stereocenters. The first-order valence-electron chi connectivity index (χ1n) is 17.6. The van der Waals surface area contributed by atoms with Gasteiger partial charge in [0.25, 0.3) is 0 Å². The summed E-state index contributed by atoms with van der Waals surface area (Å²) in [4.78, 5) is 34.7. The Balaban J connectivity index is 4.31. The number of quaternary nitrogens is 1. The second kappa shape index (κ2) is 28.7. The number of esters is 2. The quantitative estimate of drug-likeness (QED) is 0.0258. The summed E-state index contributed by atoms with van der Waals surface area (Å²) in [6.07, 6.45) is 27.1. The molecular weight excluding hydrogens is 593 g/mol. The predicted molar refractivity (Wildman–Crippen MR) is 183 cm³/mol. The van der Waals surface area contributed by atoms with Gasteiger partial charge >= 0.3 is 19.8 Å². The average Bonchev–Trinajstić information content (AvgIpc) is 2.97. The topological polar surface area (TPSA) is 108 Å². The minimum atomic E-state index is -4.35. The van der Waals surface area contributed by atoms with Gasteiger partial charge in [-0.05, 0) is 44.9 Å². The zero-order chi connectivity index (χ0) is 33.7. The van der Waals surface area contributed by atoms with Gasteiger partial charge in [-0.25, -0.2) is 4.57 Å². The van der Waals surface area contributed by atoms with Crippen LogP contribution in [0.4, 0.5) is 0 Å². The number of allylic oxidation sites excluding steroid dienone is 4. The van der Waals surface area contributed by atoms with Crippen LogP contribution in [0.1, 0.15) is 136 Å². The Kier molecular flexibility index (Phi) is 27.7. The van der Waals surface area contributed by atoms with E-state index in [0.717, 1.165) is 57.8 Å². The molecule has 0 aliphatic rings. The van der Waals surface area contributed by atoms with Gasteiger partial charge in [0.2, 0.25) is 0 Å². The lowest BCUT2D eigenvalue weighted by molar-refractivity contribution is -0.870. The molecule has 2 atom stereocenters. The maximum Gasteiger partial charge on any atom is 0.472 e. The standard InChI is InChI=1S/C35H66NO8P/c1-6-8-10-12-13-14-15-16-17-18-19-20-21-22-23-24-26-28-35(38)44-33(31-41-34(37)27-25-11-9-7-2)32-43-45(39,40)42-30-29-36(3,4)5/h13-14,16-17,33H,6-12,15,18-32H2,1-5H3/p+1/b14-13-,17-16-. The van der Waals surface area contributed by atoms with Crippen LogP contribution in [0.25, 0.3) is 0 Å². The van der Waals surface area contributed by atoms with Crippen molar-refractivity contribution in [2.45, 2.75) is 142 Å². The maximum atomic E-state index is 12.5. The molecule has 0 aliphatic carbocycles. The zero-order valence-corrected chi connectivity index (χ0v) is 30.2. The van der Waals surface area contributed by atoms with E-state index < -0.39 is 26.5 Å². The van der Waals surface area contributed by atoms with Crippen LogP contribution in [-0.2, 0) is 32.7 Å². The highest BCUT2D eigenvalue weighted by atomic mass is 31.2. The van der Waals surface area contributed by atoms with Crippen LogP contribution in [-0.4, -0.2) is 74.9 Å². The molecule has 0 aromatic heterocycles. The van der Waals surface area contributed by atoms with Crippen LogP contribution >= 0.6 is 7.82 Å². The van der Waals surface area contributed by atoms with Gasteiger partial charge in [-0.3, -0.25) is 18.6 Å². The van der Waals surface area contributed by atoms with E-state index in [1.807, 2.05) is 21.1 Å². The Labute approximate surface area is 275 Å². The Hall–Kier alpha value is -1.51. The number of unbranched alkanes of at least 4 members (excludes halogenated alkanes) is 13. The molecular formula is C35H67NO8P+. The van der Waals surface area contributed by atoms with Gasteiger partial charge < -0.3 is 18.9 Å². The highest BCUT2D eigenvalue weighted by Gasteiger charge is 2.27. The number of phosphoric ester groups is 1. The van der Waals surface area contributed by atoms with Crippen molar-refractivity contribution >= 4 is 19.8 Å². The number of nitrogens with zero attached hydrogens (tertiary/aromatic N) is 1. The van der Waals surface area contributed by atoms with E-state index in [4.69, 9.17) is 18.5 Å². The van der Waals surface area contributed by atoms with Crippen LogP contribution in [0, 0.1) is 0 Å². The molecule has 0 saturated carbocycles. The van der Waals surface area contributed by atoms with Crippen LogP contribution in [0.15, 0.2) is 24.3 Å². The fourth-order valence-corrected chi connectivity index (χ4v) is 5.14. The number of likely N-dealkylation sites (N-methyl/N-ethyl adjacent to an activating group) is 1. The third-order valence-electron chi connectivity index (χ3n) is 7.23. The first-order valence-corrected chi connectivity index (χ1v) is 19.1. The van der Waals surface area contributed by atoms with E-state index in [0.29, 0.717) is 17.4 Å². The fraction of sp³-hybridized carbons (Fsp3) is 0.829. The van der Waals surface area contributed by atoms with Crippen LogP contribution < -0.4 is 0 Å². The number of carbonyl (C=O) groups excluding carboxylic acids is 2. The molecule has 0 rings (SSSR count). The molecule has 0 aromatic rings. The third-order valence-corrected chi connectivity index (χ3v) is 8.22. The summed E-state index contributed by atoms with van der Waals surface area (Å²) in [6, 6.07) is 0. The van der Waals surface area contributed by atoms with Gasteiger partial charge in [0.05, 0.1) is 27.7 Å². The van der Waals surface area contributed by atoms with E-state index in [1.54, 1.807) is 0 Å². The summed E-state index contributed by atoms with van der Waals surface area (Å²) < 4.78 is 33.8. The van der Waals surface area contributed by atoms with Crippen molar-refractivity contribution in [3.8, 4) is 0 Å². The molecule has 0 spiro atoms. The SMILES string of the molecule is CCCCC/C=C\C/C=C\CCCCCCCCCC(=O)OC(COC(=O)CCCCCC)COP(=O)(O)OCC[N+](C)(C)C. The van der Waals surface area contributed by atoms with Gasteiger partial charge in [-0.2, -0.15) is 0 Å². The molecule has 9 nitrogen and oxygen atoms in total. The third kappa shape index (κ3) is 32.2. The number of phosphoric acid groups is 1. The Morgan fingerprint density at radius 3 is 1.80 bits per heavy atom. The molecule has 45 heavy (non-hydrogen) atoms. The molecule has 0 saturated heterocycles. The second-order valence-electron chi connectivity index (χ2n) is 12.9. The van der Waals surface area contributed by atoms with Crippen molar-refractivity contribution in [1.82, 2.24) is 0 Å². The van der Waals surface area contributed by atoms with E-state index in [2.05, 4.69) is 38.2 Å². The molecule has 0 heterocycles. The highest BCUT2D eigenvalue weighted by molar-refractivity contribution is 7.47. The lowest BCUT2D eigenvalue weighted by Gasteiger charge is -2.24. The summed E-state index contributed by atoms with van der Waals surface area (Å²) in [5.74, 6) is -0.830. The van der Waals surface area contributed by atoms with E-state index in [-0.39, 0.29) is 32.0 Å². The van der Waals surface area contributed by atoms with Gasteiger partial charge in [0.1, 0.15) is 19.8 Å². The number of carbonyl (C=O) groups is 2. The minimum absolute atomic E-state index is 0.0304. The molecule has 0 bridgehead atoms. The van der Waals surface area contributed by atoms with Crippen molar-refractivity contribution in [2.24, 2.45) is 0 Å². The van der Waals surface area contributed by atoms with Crippen molar-refractivity contribution in [2.75, 3.05) is 47.5 Å². The summed E-state index contributed by atoms with van der Waals surface area (Å²) >= 11 is 0. The zero-order valence-electron chi connectivity index (χ0n) is 29.3. The van der Waals surface area contributed by atoms with E-state index >= 15 is 0 Å². The molecule has 0 aliphatic heterocycles. The molecule has 0 amide bonds. The smallest absolute Gasteiger partial charge is 0.462 e. The minimum Gasteiger partial charge on any atom is -0.462 e. The van der Waals surface area contributed by atoms with Crippen molar-refractivity contribution in [1.29, 1.82) is 0 Å². The molecule has 10 heteroatoms. The van der Waals surface area contributed by atoms with Gasteiger partial charge in [0, 0.05) is 12.8 Å². The fourth-order valence-electron chi connectivity index (χ4n) is 4.39. The summed E-state index contributed by atoms with van der Waals surface area (Å²) in [6.45, 7) is 4.23. The lowest BCUT2D eigenvalue weighted by atomic mass is 10.1. The first-order chi connectivity index (χ1) is 21.5. The number of rotatable bonds is 31. The maximum absolute atomic E-state index is 12.5. The first kappa shape index (κ1) is 43.5.